The molecule has 2 rings (SSSR count). The molecule has 0 saturated heterocycles. The van der Waals surface area contributed by atoms with Gasteiger partial charge in [0.25, 0.3) is 0 Å². The van der Waals surface area contributed by atoms with Crippen LogP contribution in [0.2, 0.25) is 5.02 Å². The lowest BCUT2D eigenvalue weighted by atomic mass is 10.2. The summed E-state index contributed by atoms with van der Waals surface area (Å²) in [4.78, 5) is 0. The van der Waals surface area contributed by atoms with Gasteiger partial charge in [0.1, 0.15) is 18.2 Å². The van der Waals surface area contributed by atoms with Gasteiger partial charge in [-0.1, -0.05) is 27.5 Å². The number of nitrogens with two attached hydrogens (primary N) is 1. The Balaban J connectivity index is 2.11. The molecule has 5 heteroatoms. The summed E-state index contributed by atoms with van der Waals surface area (Å²) >= 11 is 9.22. The maximum atomic E-state index is 13.1. The van der Waals surface area contributed by atoms with E-state index in [0.29, 0.717) is 16.5 Å². The lowest BCUT2D eigenvalue weighted by Crippen LogP contribution is -1.97. The first-order chi connectivity index (χ1) is 8.56. The van der Waals surface area contributed by atoms with Gasteiger partial charge in [0.15, 0.2) is 0 Å². The van der Waals surface area contributed by atoms with Crippen LogP contribution in [0.15, 0.2) is 40.9 Å². The fourth-order valence-electron chi connectivity index (χ4n) is 1.41. The van der Waals surface area contributed by atoms with Crippen molar-refractivity contribution in [3.05, 3.63) is 57.3 Å². The van der Waals surface area contributed by atoms with Gasteiger partial charge in [-0.25, -0.2) is 4.39 Å². The Kier molecular flexibility index (Phi) is 4.09. The first-order valence-electron chi connectivity index (χ1n) is 5.18. The molecular formula is C13H10BrClFNO. The predicted octanol–water partition coefficient (Wildman–Crippen LogP) is 4.40. The van der Waals surface area contributed by atoms with Crippen LogP contribution in [0, 0.1) is 5.82 Å². The van der Waals surface area contributed by atoms with Crippen LogP contribution < -0.4 is 10.5 Å². The summed E-state index contributed by atoms with van der Waals surface area (Å²) in [5.41, 5.74) is 6.82. The highest BCUT2D eigenvalue weighted by Crippen LogP contribution is 2.26. The number of nitrogen functional groups attached to an aromatic ring is 1. The summed E-state index contributed by atoms with van der Waals surface area (Å²) in [5.74, 6) is 0.289. The Morgan fingerprint density at radius 1 is 1.22 bits per heavy atom. The van der Waals surface area contributed by atoms with E-state index in [1.165, 1.54) is 12.1 Å². The summed E-state index contributed by atoms with van der Waals surface area (Å²) in [6.45, 7) is 0.249. The topological polar surface area (TPSA) is 35.2 Å². The zero-order valence-corrected chi connectivity index (χ0v) is 11.6. The summed E-state index contributed by atoms with van der Waals surface area (Å²) < 4.78 is 19.4. The number of hydrogen-bond acceptors (Lipinski definition) is 2. The average Bonchev–Trinajstić information content (AvgIpc) is 2.34. The zero-order chi connectivity index (χ0) is 13.1. The quantitative estimate of drug-likeness (QED) is 0.846. The van der Waals surface area contributed by atoms with Crippen molar-refractivity contribution in [2.45, 2.75) is 6.61 Å². The van der Waals surface area contributed by atoms with E-state index in [-0.39, 0.29) is 12.4 Å². The third kappa shape index (κ3) is 3.15. The van der Waals surface area contributed by atoms with Crippen molar-refractivity contribution in [3.63, 3.8) is 0 Å². The van der Waals surface area contributed by atoms with Crippen molar-refractivity contribution in [1.82, 2.24) is 0 Å². The molecule has 0 radical (unpaired) electrons. The van der Waals surface area contributed by atoms with Gasteiger partial charge in [0.2, 0.25) is 0 Å². The van der Waals surface area contributed by atoms with E-state index < -0.39 is 0 Å². The molecule has 0 aliphatic heterocycles. The maximum Gasteiger partial charge on any atom is 0.123 e. The van der Waals surface area contributed by atoms with Gasteiger partial charge in [0, 0.05) is 16.1 Å². The summed E-state index contributed by atoms with van der Waals surface area (Å²) in [6.07, 6.45) is 0. The molecule has 18 heavy (non-hydrogen) atoms. The molecule has 2 N–H and O–H groups in total. The van der Waals surface area contributed by atoms with Crippen LogP contribution in [0.1, 0.15) is 5.56 Å². The molecule has 0 aromatic heterocycles. The van der Waals surface area contributed by atoms with Crippen molar-refractivity contribution in [3.8, 4) is 5.75 Å². The standard InChI is InChI=1S/C13H10BrClFNO/c14-11-3-1-9(16)5-8(11)7-18-10-2-4-13(17)12(15)6-10/h1-6H,7,17H2. The molecule has 2 nitrogen and oxygen atoms in total. The summed E-state index contributed by atoms with van der Waals surface area (Å²) in [5, 5.41) is 0.436. The molecule has 0 bridgehead atoms. The second kappa shape index (κ2) is 5.59. The van der Waals surface area contributed by atoms with Crippen LogP contribution in [0.5, 0.6) is 5.75 Å². The van der Waals surface area contributed by atoms with Crippen molar-refractivity contribution in [1.29, 1.82) is 0 Å². The molecule has 0 fully saturated rings. The minimum absolute atomic E-state index is 0.249. The molecule has 94 valence electrons. The fourth-order valence-corrected chi connectivity index (χ4v) is 1.94. The van der Waals surface area contributed by atoms with Crippen molar-refractivity contribution >= 4 is 33.2 Å². The highest BCUT2D eigenvalue weighted by atomic mass is 79.9. The van der Waals surface area contributed by atoms with Gasteiger partial charge in [-0.15, -0.1) is 0 Å². The van der Waals surface area contributed by atoms with Crippen LogP contribution in [0.4, 0.5) is 10.1 Å². The first kappa shape index (κ1) is 13.2. The van der Waals surface area contributed by atoms with E-state index in [9.17, 15) is 4.39 Å². The number of halogens is 3. The van der Waals surface area contributed by atoms with Gasteiger partial charge in [0.05, 0.1) is 10.7 Å². The molecular weight excluding hydrogens is 321 g/mol. The van der Waals surface area contributed by atoms with E-state index in [1.807, 2.05) is 0 Å². The average molecular weight is 331 g/mol. The van der Waals surface area contributed by atoms with E-state index in [4.69, 9.17) is 22.1 Å². The van der Waals surface area contributed by atoms with Crippen LogP contribution in [0.25, 0.3) is 0 Å². The Morgan fingerprint density at radius 3 is 2.72 bits per heavy atom. The van der Waals surface area contributed by atoms with Crippen LogP contribution in [0.3, 0.4) is 0 Å². The number of anilines is 1. The van der Waals surface area contributed by atoms with E-state index in [2.05, 4.69) is 15.9 Å². The third-order valence-electron chi connectivity index (χ3n) is 2.37. The van der Waals surface area contributed by atoms with Gasteiger partial charge in [-0.3, -0.25) is 0 Å². The highest BCUT2D eigenvalue weighted by molar-refractivity contribution is 9.10. The van der Waals surface area contributed by atoms with Gasteiger partial charge < -0.3 is 10.5 Å². The smallest absolute Gasteiger partial charge is 0.123 e. The lowest BCUT2D eigenvalue weighted by Gasteiger charge is -2.09. The number of ether oxygens (including phenoxy) is 1. The van der Waals surface area contributed by atoms with Gasteiger partial charge in [-0.05, 0) is 30.3 Å². The van der Waals surface area contributed by atoms with E-state index in [1.54, 1.807) is 24.3 Å². The van der Waals surface area contributed by atoms with Crippen LogP contribution >= 0.6 is 27.5 Å². The molecule has 0 saturated carbocycles. The third-order valence-corrected chi connectivity index (χ3v) is 3.47. The Hall–Kier alpha value is -1.26. The van der Waals surface area contributed by atoms with Crippen molar-refractivity contribution in [2.24, 2.45) is 0 Å². The number of rotatable bonds is 3. The largest absolute Gasteiger partial charge is 0.489 e. The predicted molar refractivity (Wildman–Crippen MR) is 74.3 cm³/mol. The van der Waals surface area contributed by atoms with E-state index in [0.717, 1.165) is 10.0 Å². The van der Waals surface area contributed by atoms with Gasteiger partial charge >= 0.3 is 0 Å². The molecule has 0 atom stereocenters. The summed E-state index contributed by atoms with van der Waals surface area (Å²) in [7, 11) is 0. The second-order valence-corrected chi connectivity index (χ2v) is 4.97. The molecule has 0 spiro atoms. The monoisotopic (exact) mass is 329 g/mol. The van der Waals surface area contributed by atoms with Crippen molar-refractivity contribution in [2.75, 3.05) is 5.73 Å². The summed E-state index contributed by atoms with van der Waals surface area (Å²) in [6, 6.07) is 9.46. The Labute approximate surface area is 118 Å². The zero-order valence-electron chi connectivity index (χ0n) is 9.29. The number of hydrogen-bond donors (Lipinski definition) is 1. The molecule has 0 aliphatic rings. The Morgan fingerprint density at radius 2 is 2.00 bits per heavy atom. The molecule has 0 aliphatic carbocycles. The second-order valence-electron chi connectivity index (χ2n) is 3.71. The van der Waals surface area contributed by atoms with Crippen LogP contribution in [-0.2, 0) is 6.61 Å². The minimum atomic E-state index is -0.299. The number of benzene rings is 2. The molecule has 2 aromatic carbocycles. The first-order valence-corrected chi connectivity index (χ1v) is 6.35. The SMILES string of the molecule is Nc1ccc(OCc2cc(F)ccc2Br)cc1Cl. The lowest BCUT2D eigenvalue weighted by molar-refractivity contribution is 0.305. The highest BCUT2D eigenvalue weighted by Gasteiger charge is 2.04. The Bertz CT molecular complexity index is 577. The minimum Gasteiger partial charge on any atom is -0.489 e. The molecule has 2 aromatic rings. The van der Waals surface area contributed by atoms with Crippen LogP contribution in [-0.4, -0.2) is 0 Å². The van der Waals surface area contributed by atoms with Crippen molar-refractivity contribution < 1.29 is 9.13 Å². The van der Waals surface area contributed by atoms with Gasteiger partial charge in [-0.2, -0.15) is 0 Å². The molecule has 0 amide bonds. The van der Waals surface area contributed by atoms with E-state index >= 15 is 0 Å². The fraction of sp³-hybridized carbons (Fsp3) is 0.0769. The normalized spacial score (nSPS) is 10.4. The maximum absolute atomic E-state index is 13.1. The molecule has 0 heterocycles. The molecule has 0 unspecified atom stereocenters.